The Morgan fingerprint density at radius 1 is 1.12 bits per heavy atom. The molecule has 1 aromatic carbocycles. The second-order valence-corrected chi connectivity index (χ2v) is 5.35. The zero-order chi connectivity index (χ0) is 16.9. The molecule has 7 heteroatoms. The van der Waals surface area contributed by atoms with E-state index in [0.29, 0.717) is 36.4 Å². The number of halogens is 1. The van der Waals surface area contributed by atoms with Crippen LogP contribution in [0.3, 0.4) is 0 Å². The highest BCUT2D eigenvalue weighted by atomic mass is 35.5. The van der Waals surface area contributed by atoms with Gasteiger partial charge in [0.1, 0.15) is 29.8 Å². The average molecular weight is 349 g/mol. The molecule has 3 rings (SSSR count). The number of ether oxygens (including phenoxy) is 3. The summed E-state index contributed by atoms with van der Waals surface area (Å²) in [5.74, 6) is 2.33. The van der Waals surface area contributed by atoms with E-state index in [1.165, 1.54) is 6.33 Å². The molecule has 0 atom stereocenters. The van der Waals surface area contributed by atoms with Crippen LogP contribution >= 0.6 is 11.6 Å². The molecular weight excluding hydrogens is 332 g/mol. The van der Waals surface area contributed by atoms with Gasteiger partial charge in [0.15, 0.2) is 0 Å². The Morgan fingerprint density at radius 3 is 2.58 bits per heavy atom. The van der Waals surface area contributed by atoms with E-state index >= 15 is 0 Å². The van der Waals surface area contributed by atoms with Crippen LogP contribution in [0.5, 0.6) is 11.6 Å². The minimum atomic E-state index is 0.358. The van der Waals surface area contributed by atoms with Crippen LogP contribution in [0.4, 0.5) is 0 Å². The minimum Gasteiger partial charge on any atom is -0.492 e. The Balaban J connectivity index is 2.06. The Hall–Kier alpha value is -2.31. The predicted molar refractivity (Wildman–Crippen MR) is 90.7 cm³/mol. The normalized spacial score (nSPS) is 11.0. The number of benzene rings is 1. The van der Waals surface area contributed by atoms with Gasteiger partial charge in [0.2, 0.25) is 11.6 Å². The van der Waals surface area contributed by atoms with Crippen molar-refractivity contribution in [1.82, 2.24) is 9.97 Å². The lowest BCUT2D eigenvalue weighted by Crippen LogP contribution is -1.97. The zero-order valence-electron chi connectivity index (χ0n) is 13.4. The average Bonchev–Trinajstić information content (AvgIpc) is 2.99. The maximum absolute atomic E-state index is 5.93. The SMILES string of the molecule is COCc1c(-c2ccc(OCCCl)cc2)oc2ncnc(OC)c12. The molecule has 0 amide bonds. The number of hydrogen-bond acceptors (Lipinski definition) is 6. The van der Waals surface area contributed by atoms with E-state index in [-0.39, 0.29) is 0 Å². The molecule has 0 aliphatic carbocycles. The molecule has 0 saturated heterocycles. The fourth-order valence-electron chi connectivity index (χ4n) is 2.49. The first kappa shape index (κ1) is 16.5. The van der Waals surface area contributed by atoms with Crippen molar-refractivity contribution in [3.8, 4) is 23.0 Å². The number of alkyl halides is 1. The van der Waals surface area contributed by atoms with Crippen molar-refractivity contribution >= 4 is 22.7 Å². The van der Waals surface area contributed by atoms with Crippen molar-refractivity contribution in [3.63, 3.8) is 0 Å². The second-order valence-electron chi connectivity index (χ2n) is 4.97. The lowest BCUT2D eigenvalue weighted by Gasteiger charge is -2.06. The van der Waals surface area contributed by atoms with Crippen LogP contribution in [0.2, 0.25) is 0 Å². The van der Waals surface area contributed by atoms with Crippen molar-refractivity contribution in [2.75, 3.05) is 26.7 Å². The van der Waals surface area contributed by atoms with Crippen molar-refractivity contribution in [3.05, 3.63) is 36.2 Å². The fourth-order valence-corrected chi connectivity index (χ4v) is 2.57. The van der Waals surface area contributed by atoms with Crippen LogP contribution in [0.1, 0.15) is 5.56 Å². The highest BCUT2D eigenvalue weighted by Crippen LogP contribution is 2.37. The molecule has 0 radical (unpaired) electrons. The Bertz CT molecular complexity index is 817. The molecule has 0 spiro atoms. The molecule has 0 bridgehead atoms. The molecule has 2 heterocycles. The standard InChI is InChI=1S/C17H17ClN2O4/c1-21-9-13-14-16(22-2)19-10-20-17(14)24-15(13)11-3-5-12(6-4-11)23-8-7-18/h3-6,10H,7-9H2,1-2H3. The van der Waals surface area contributed by atoms with Gasteiger partial charge in [-0.05, 0) is 24.3 Å². The highest BCUT2D eigenvalue weighted by molar-refractivity contribution is 6.18. The number of hydrogen-bond donors (Lipinski definition) is 0. The quantitative estimate of drug-likeness (QED) is 0.607. The fraction of sp³-hybridized carbons (Fsp3) is 0.294. The van der Waals surface area contributed by atoms with Crippen LogP contribution in [-0.2, 0) is 11.3 Å². The topological polar surface area (TPSA) is 66.6 Å². The molecule has 2 aromatic heterocycles. The summed E-state index contributed by atoms with van der Waals surface area (Å²) < 4.78 is 22.1. The summed E-state index contributed by atoms with van der Waals surface area (Å²) in [6, 6.07) is 7.57. The molecule has 126 valence electrons. The van der Waals surface area contributed by atoms with Gasteiger partial charge in [-0.15, -0.1) is 11.6 Å². The molecule has 24 heavy (non-hydrogen) atoms. The largest absolute Gasteiger partial charge is 0.492 e. The minimum absolute atomic E-state index is 0.358. The number of furan rings is 1. The smallest absolute Gasteiger partial charge is 0.234 e. The van der Waals surface area contributed by atoms with E-state index in [2.05, 4.69) is 9.97 Å². The van der Waals surface area contributed by atoms with Gasteiger partial charge in [0.05, 0.1) is 19.6 Å². The Labute approximate surface area is 144 Å². The summed E-state index contributed by atoms with van der Waals surface area (Å²) in [7, 11) is 3.19. The second kappa shape index (κ2) is 7.51. The third-order valence-corrected chi connectivity index (χ3v) is 3.65. The summed E-state index contributed by atoms with van der Waals surface area (Å²) in [6.45, 7) is 0.823. The van der Waals surface area contributed by atoms with Crippen LogP contribution in [0, 0.1) is 0 Å². The Morgan fingerprint density at radius 2 is 1.92 bits per heavy atom. The molecular formula is C17H17ClN2O4. The maximum Gasteiger partial charge on any atom is 0.234 e. The summed E-state index contributed by atoms with van der Waals surface area (Å²) in [4.78, 5) is 8.33. The van der Waals surface area contributed by atoms with Crippen molar-refractivity contribution in [2.45, 2.75) is 6.61 Å². The molecule has 6 nitrogen and oxygen atoms in total. The van der Waals surface area contributed by atoms with E-state index in [4.69, 9.17) is 30.2 Å². The number of fused-ring (bicyclic) bond motifs is 1. The van der Waals surface area contributed by atoms with Gasteiger partial charge in [-0.3, -0.25) is 0 Å². The maximum atomic E-state index is 5.93. The third-order valence-electron chi connectivity index (χ3n) is 3.50. The number of methoxy groups -OCH3 is 2. The van der Waals surface area contributed by atoms with Gasteiger partial charge in [0, 0.05) is 18.2 Å². The monoisotopic (exact) mass is 348 g/mol. The third kappa shape index (κ3) is 3.16. The van der Waals surface area contributed by atoms with Gasteiger partial charge in [-0.1, -0.05) is 0 Å². The summed E-state index contributed by atoms with van der Waals surface area (Å²) >= 11 is 5.63. The lowest BCUT2D eigenvalue weighted by atomic mass is 10.1. The van der Waals surface area contributed by atoms with Gasteiger partial charge in [-0.2, -0.15) is 0 Å². The molecule has 0 saturated carbocycles. The van der Waals surface area contributed by atoms with Gasteiger partial charge in [0.25, 0.3) is 0 Å². The first-order valence-electron chi connectivity index (χ1n) is 7.37. The molecule has 0 aliphatic rings. The first-order chi connectivity index (χ1) is 11.8. The van der Waals surface area contributed by atoms with Crippen molar-refractivity contribution < 1.29 is 18.6 Å². The number of aromatic nitrogens is 2. The van der Waals surface area contributed by atoms with E-state index in [0.717, 1.165) is 22.3 Å². The molecule has 0 aliphatic heterocycles. The van der Waals surface area contributed by atoms with Crippen LogP contribution < -0.4 is 9.47 Å². The van der Waals surface area contributed by atoms with Gasteiger partial charge < -0.3 is 18.6 Å². The molecule has 0 unspecified atom stereocenters. The van der Waals surface area contributed by atoms with Crippen molar-refractivity contribution in [2.24, 2.45) is 0 Å². The van der Waals surface area contributed by atoms with Gasteiger partial charge >= 0.3 is 0 Å². The first-order valence-corrected chi connectivity index (χ1v) is 7.90. The lowest BCUT2D eigenvalue weighted by molar-refractivity contribution is 0.185. The van der Waals surface area contributed by atoms with E-state index in [1.54, 1.807) is 14.2 Å². The highest BCUT2D eigenvalue weighted by Gasteiger charge is 2.21. The van der Waals surface area contributed by atoms with Gasteiger partial charge in [-0.25, -0.2) is 9.97 Å². The van der Waals surface area contributed by atoms with Crippen LogP contribution in [-0.4, -0.2) is 36.7 Å². The van der Waals surface area contributed by atoms with E-state index in [9.17, 15) is 0 Å². The predicted octanol–water partition coefficient (Wildman–Crippen LogP) is 3.66. The number of nitrogens with zero attached hydrogens (tertiary/aromatic N) is 2. The van der Waals surface area contributed by atoms with Crippen LogP contribution in [0.15, 0.2) is 35.0 Å². The summed E-state index contributed by atoms with van der Waals surface area (Å²) in [5, 5.41) is 0.722. The van der Waals surface area contributed by atoms with E-state index < -0.39 is 0 Å². The molecule has 0 N–H and O–H groups in total. The summed E-state index contributed by atoms with van der Waals surface area (Å²) in [5.41, 5.74) is 2.20. The van der Waals surface area contributed by atoms with E-state index in [1.807, 2.05) is 24.3 Å². The molecule has 0 fully saturated rings. The Kier molecular flexibility index (Phi) is 5.17. The van der Waals surface area contributed by atoms with Crippen LogP contribution in [0.25, 0.3) is 22.4 Å². The number of rotatable bonds is 7. The zero-order valence-corrected chi connectivity index (χ0v) is 14.2. The summed E-state index contributed by atoms with van der Waals surface area (Å²) in [6.07, 6.45) is 1.41. The molecule has 3 aromatic rings. The van der Waals surface area contributed by atoms with Crippen molar-refractivity contribution in [1.29, 1.82) is 0 Å².